The van der Waals surface area contributed by atoms with E-state index in [9.17, 15) is 0 Å². The Bertz CT molecular complexity index is 2470. The maximum absolute atomic E-state index is 3.82. The highest BCUT2D eigenvalue weighted by Gasteiger charge is 2.42. The van der Waals surface area contributed by atoms with Crippen LogP contribution in [0.1, 0.15) is 139 Å². The average Bonchev–Trinajstić information content (AvgIpc) is 3.24. The van der Waals surface area contributed by atoms with Crippen LogP contribution in [0.4, 0.5) is 0 Å². The fourth-order valence-electron chi connectivity index (χ4n) is 9.06. The largest absolute Gasteiger partial charge is 0.146 e. The van der Waals surface area contributed by atoms with Crippen molar-refractivity contribution in [2.24, 2.45) is 0 Å². The van der Waals surface area contributed by atoms with Crippen molar-refractivity contribution in [3.63, 3.8) is 0 Å². The molecule has 0 unspecified atom stereocenters. The SMILES string of the molecule is CC(C)[Si](C#Cc1ccc(C#Cc2cccc(C#Cc3ccc(C#Cc4cccc(C#Cc5ccc(C#C[Si](C(C)C)(C(C)C)C(C)C)cc5)c4)cc3)c2)cc1)(C(C)C)C(C)C. The van der Waals surface area contributed by atoms with E-state index in [1.165, 1.54) is 0 Å². The summed E-state index contributed by atoms with van der Waals surface area (Å²) in [5, 5.41) is 0. The van der Waals surface area contributed by atoms with E-state index in [1.54, 1.807) is 0 Å². The van der Waals surface area contributed by atoms with Gasteiger partial charge in [0.15, 0.2) is 0 Å². The highest BCUT2D eigenvalue weighted by atomic mass is 28.3. The minimum atomic E-state index is -1.77. The van der Waals surface area contributed by atoms with E-state index in [0.29, 0.717) is 33.2 Å². The van der Waals surface area contributed by atoms with Crippen molar-refractivity contribution in [2.45, 2.75) is 116 Å². The lowest BCUT2D eigenvalue weighted by Gasteiger charge is -2.38. The Labute approximate surface area is 377 Å². The van der Waals surface area contributed by atoms with E-state index < -0.39 is 16.1 Å². The quantitative estimate of drug-likeness (QED) is 0.118. The van der Waals surface area contributed by atoms with Crippen LogP contribution in [0.3, 0.4) is 0 Å². The van der Waals surface area contributed by atoms with Crippen LogP contribution >= 0.6 is 0 Å². The minimum Gasteiger partial charge on any atom is -0.125 e. The third kappa shape index (κ3) is 12.0. The average molecular weight is 839 g/mol. The molecule has 2 heteroatoms. The molecule has 0 aliphatic carbocycles. The molecule has 62 heavy (non-hydrogen) atoms. The Hall–Kier alpha value is -6.11. The van der Waals surface area contributed by atoms with E-state index in [2.05, 4.69) is 202 Å². The first-order valence-electron chi connectivity index (χ1n) is 22.3. The van der Waals surface area contributed by atoms with Crippen LogP contribution in [0.15, 0.2) is 121 Å². The van der Waals surface area contributed by atoms with Crippen molar-refractivity contribution in [1.82, 2.24) is 0 Å². The molecule has 0 spiro atoms. The summed E-state index contributed by atoms with van der Waals surface area (Å²) in [4.78, 5) is 0. The monoisotopic (exact) mass is 838 g/mol. The molecular formula is C60H62Si2. The Morgan fingerprint density at radius 2 is 0.419 bits per heavy atom. The first-order valence-corrected chi connectivity index (χ1v) is 26.7. The predicted molar refractivity (Wildman–Crippen MR) is 272 cm³/mol. The standard InChI is InChI=1S/C60H62Si2/c1-45(2)61(46(3)4,47(5)6)41-39-55-27-23-53(24-28-55)33-37-59-17-13-15-57(43-59)35-31-51-19-21-52(22-20-51)32-36-58-16-14-18-60(44-58)38-34-54-25-29-56(30-26-54)40-42-62(48(7)8,49(9)10)50(11)12/h13-30,43-50H,1-12H3. The summed E-state index contributed by atoms with van der Waals surface area (Å²) < 4.78 is 0. The molecule has 0 bridgehead atoms. The van der Waals surface area contributed by atoms with Crippen LogP contribution in [0.5, 0.6) is 0 Å². The third-order valence-electron chi connectivity index (χ3n) is 12.4. The van der Waals surface area contributed by atoms with Gasteiger partial charge in [0, 0.05) is 55.6 Å². The van der Waals surface area contributed by atoms with Gasteiger partial charge in [0.2, 0.25) is 0 Å². The molecule has 0 amide bonds. The fraction of sp³-hybridized carbons (Fsp3) is 0.300. The zero-order valence-electron chi connectivity index (χ0n) is 39.0. The topological polar surface area (TPSA) is 0 Å². The van der Waals surface area contributed by atoms with Crippen molar-refractivity contribution in [1.29, 1.82) is 0 Å². The zero-order chi connectivity index (χ0) is 44.9. The van der Waals surface area contributed by atoms with Gasteiger partial charge in [-0.2, -0.15) is 0 Å². The van der Waals surface area contributed by atoms with Crippen LogP contribution in [0, 0.1) is 70.3 Å². The van der Waals surface area contributed by atoms with Gasteiger partial charge in [-0.1, -0.05) is 154 Å². The van der Waals surface area contributed by atoms with E-state index in [0.717, 1.165) is 55.6 Å². The lowest BCUT2D eigenvalue weighted by Crippen LogP contribution is -2.43. The Kier molecular flexibility index (Phi) is 16.4. The lowest BCUT2D eigenvalue weighted by molar-refractivity contribution is 0.838. The van der Waals surface area contributed by atoms with Gasteiger partial charge in [0.25, 0.3) is 0 Å². The molecule has 0 atom stereocenters. The highest BCUT2D eigenvalue weighted by molar-refractivity contribution is 6.91. The highest BCUT2D eigenvalue weighted by Crippen LogP contribution is 2.42. The summed E-state index contributed by atoms with van der Waals surface area (Å²) in [5.74, 6) is 33.6. The Morgan fingerprint density at radius 3 is 0.613 bits per heavy atom. The second kappa shape index (κ2) is 21.6. The predicted octanol–water partition coefficient (Wildman–Crippen LogP) is 14.4. The van der Waals surface area contributed by atoms with Crippen LogP contribution in [0.2, 0.25) is 33.2 Å². The second-order valence-electron chi connectivity index (χ2n) is 18.2. The van der Waals surface area contributed by atoms with Crippen molar-refractivity contribution in [3.8, 4) is 70.3 Å². The third-order valence-corrected chi connectivity index (χ3v) is 24.9. The van der Waals surface area contributed by atoms with Crippen LogP contribution in [-0.4, -0.2) is 16.1 Å². The van der Waals surface area contributed by atoms with Gasteiger partial charge in [0.05, 0.1) is 0 Å². The molecular weight excluding hydrogens is 777 g/mol. The van der Waals surface area contributed by atoms with E-state index in [1.807, 2.05) is 72.8 Å². The number of hydrogen-bond donors (Lipinski definition) is 0. The normalized spacial score (nSPS) is 11.0. The van der Waals surface area contributed by atoms with Gasteiger partial charge in [-0.25, -0.2) is 0 Å². The molecule has 0 fully saturated rings. The smallest absolute Gasteiger partial charge is 0.125 e. The molecule has 5 rings (SSSR count). The fourth-order valence-corrected chi connectivity index (χ4v) is 19.5. The molecule has 0 saturated heterocycles. The molecule has 0 N–H and O–H groups in total. The molecule has 0 aliphatic heterocycles. The summed E-state index contributed by atoms with van der Waals surface area (Å²) in [6.07, 6.45) is 0. The number of benzene rings is 5. The van der Waals surface area contributed by atoms with Crippen molar-refractivity contribution >= 4 is 16.1 Å². The Balaban J connectivity index is 1.20. The summed E-state index contributed by atoms with van der Waals surface area (Å²) in [7, 11) is -3.54. The van der Waals surface area contributed by atoms with Gasteiger partial charge < -0.3 is 0 Å². The first kappa shape index (κ1) is 47.0. The maximum Gasteiger partial charge on any atom is 0.146 e. The van der Waals surface area contributed by atoms with Crippen LogP contribution in [-0.2, 0) is 0 Å². The molecule has 310 valence electrons. The maximum atomic E-state index is 3.82. The summed E-state index contributed by atoms with van der Waals surface area (Å²) in [6.45, 7) is 28.2. The van der Waals surface area contributed by atoms with Crippen molar-refractivity contribution in [2.75, 3.05) is 0 Å². The second-order valence-corrected chi connectivity index (χ2v) is 29.3. The Morgan fingerprint density at radius 1 is 0.242 bits per heavy atom. The zero-order valence-corrected chi connectivity index (χ0v) is 41.0. The van der Waals surface area contributed by atoms with E-state index >= 15 is 0 Å². The molecule has 0 aromatic heterocycles. The minimum absolute atomic E-state index is 0.614. The molecule has 0 heterocycles. The summed E-state index contributed by atoms with van der Waals surface area (Å²) >= 11 is 0. The van der Waals surface area contributed by atoms with Gasteiger partial charge >= 0.3 is 0 Å². The molecule has 0 nitrogen and oxygen atoms in total. The lowest BCUT2D eigenvalue weighted by atomic mass is 10.1. The van der Waals surface area contributed by atoms with Crippen molar-refractivity contribution < 1.29 is 0 Å². The summed E-state index contributed by atoms with van der Waals surface area (Å²) in [6, 6.07) is 40.9. The van der Waals surface area contributed by atoms with E-state index in [-0.39, 0.29) is 0 Å². The van der Waals surface area contributed by atoms with Gasteiger partial charge in [-0.05, 0) is 142 Å². The van der Waals surface area contributed by atoms with Crippen LogP contribution < -0.4 is 0 Å². The first-order chi connectivity index (χ1) is 29.6. The molecule has 5 aromatic rings. The molecule has 0 radical (unpaired) electrons. The van der Waals surface area contributed by atoms with Gasteiger partial charge in [-0.15, -0.1) is 11.1 Å². The van der Waals surface area contributed by atoms with Crippen molar-refractivity contribution in [3.05, 3.63) is 177 Å². The molecule has 5 aromatic carbocycles. The van der Waals surface area contributed by atoms with E-state index in [4.69, 9.17) is 0 Å². The van der Waals surface area contributed by atoms with Gasteiger partial charge in [0.1, 0.15) is 16.1 Å². The molecule has 0 saturated carbocycles. The number of rotatable bonds is 6. The summed E-state index contributed by atoms with van der Waals surface area (Å²) in [5.41, 5.74) is 20.9. The number of hydrogen-bond acceptors (Lipinski definition) is 0. The van der Waals surface area contributed by atoms with Gasteiger partial charge in [-0.3, -0.25) is 0 Å². The van der Waals surface area contributed by atoms with Crippen LogP contribution in [0.25, 0.3) is 0 Å². The molecule has 0 aliphatic rings.